The summed E-state index contributed by atoms with van der Waals surface area (Å²) in [6.07, 6.45) is 1.54. The summed E-state index contributed by atoms with van der Waals surface area (Å²) in [4.78, 5) is 39.1. The van der Waals surface area contributed by atoms with Crippen LogP contribution in [0.4, 0.5) is 0 Å². The van der Waals surface area contributed by atoms with Crippen molar-refractivity contribution in [2.24, 2.45) is 0 Å². The monoisotopic (exact) mass is 479 g/mol. The minimum atomic E-state index is -0.782. The fraction of sp³-hybridized carbons (Fsp3) is 0.393. The molecule has 2 aromatic rings. The Labute approximate surface area is 206 Å². The molecule has 35 heavy (non-hydrogen) atoms. The Morgan fingerprint density at radius 2 is 1.74 bits per heavy atom. The average Bonchev–Trinajstić information content (AvgIpc) is 3.06. The van der Waals surface area contributed by atoms with Gasteiger partial charge >= 0.3 is 5.97 Å². The second kappa shape index (κ2) is 10.3. The summed E-state index contributed by atoms with van der Waals surface area (Å²) in [5, 5.41) is 11.5. The number of methoxy groups -OCH3 is 1. The van der Waals surface area contributed by atoms with Crippen molar-refractivity contribution in [2.75, 3.05) is 13.7 Å². The molecule has 1 unspecified atom stereocenters. The highest BCUT2D eigenvalue weighted by molar-refractivity contribution is 6.46. The van der Waals surface area contributed by atoms with E-state index in [2.05, 4.69) is 0 Å². The number of ketones is 1. The average molecular weight is 480 g/mol. The van der Waals surface area contributed by atoms with Crippen LogP contribution in [0.15, 0.2) is 48.0 Å². The second-order valence-corrected chi connectivity index (χ2v) is 9.67. The predicted molar refractivity (Wildman–Crippen MR) is 133 cm³/mol. The summed E-state index contributed by atoms with van der Waals surface area (Å²) in [6, 6.07) is 11.3. The number of unbranched alkanes of at least 4 members (excludes halogenated alkanes) is 1. The molecule has 0 aromatic heterocycles. The Bertz CT molecular complexity index is 1160. The van der Waals surface area contributed by atoms with Crippen molar-refractivity contribution in [1.82, 2.24) is 4.90 Å². The number of rotatable bonds is 7. The van der Waals surface area contributed by atoms with Crippen molar-refractivity contribution in [2.45, 2.75) is 58.9 Å². The van der Waals surface area contributed by atoms with Crippen LogP contribution in [0.5, 0.6) is 11.5 Å². The Morgan fingerprint density at radius 3 is 2.29 bits per heavy atom. The van der Waals surface area contributed by atoms with E-state index < -0.39 is 23.7 Å². The van der Waals surface area contributed by atoms with Gasteiger partial charge in [0, 0.05) is 13.5 Å². The normalized spacial score (nSPS) is 17.5. The number of hydrogen-bond acceptors (Lipinski definition) is 6. The molecule has 1 aliphatic heterocycles. The fourth-order valence-electron chi connectivity index (χ4n) is 4.17. The molecule has 7 nitrogen and oxygen atoms in total. The first-order valence-corrected chi connectivity index (χ1v) is 11.7. The van der Waals surface area contributed by atoms with Crippen molar-refractivity contribution in [3.63, 3.8) is 0 Å². The van der Waals surface area contributed by atoms with Crippen molar-refractivity contribution in [1.29, 1.82) is 0 Å². The first-order chi connectivity index (χ1) is 16.5. The van der Waals surface area contributed by atoms with Gasteiger partial charge in [-0.1, -0.05) is 52.3 Å². The van der Waals surface area contributed by atoms with Crippen LogP contribution in [0.2, 0.25) is 0 Å². The topological polar surface area (TPSA) is 93.1 Å². The Hall–Kier alpha value is -3.61. The lowest BCUT2D eigenvalue weighted by Gasteiger charge is -2.26. The number of esters is 1. The van der Waals surface area contributed by atoms with Gasteiger partial charge in [0.25, 0.3) is 11.7 Å². The van der Waals surface area contributed by atoms with Crippen LogP contribution in [-0.4, -0.2) is 41.3 Å². The molecular weight excluding hydrogens is 446 g/mol. The number of aliphatic hydroxyl groups excluding tert-OH is 1. The lowest BCUT2D eigenvalue weighted by atomic mass is 9.85. The minimum absolute atomic E-state index is 0.00991. The summed E-state index contributed by atoms with van der Waals surface area (Å²) in [7, 11) is 1.49. The number of carbonyl (C=O) groups is 3. The van der Waals surface area contributed by atoms with Gasteiger partial charge in [0.1, 0.15) is 17.3 Å². The largest absolute Gasteiger partial charge is 0.507 e. The van der Waals surface area contributed by atoms with Crippen LogP contribution in [0.3, 0.4) is 0 Å². The number of benzene rings is 2. The third kappa shape index (κ3) is 5.39. The van der Waals surface area contributed by atoms with Gasteiger partial charge in [0.2, 0.25) is 0 Å². The van der Waals surface area contributed by atoms with Crippen molar-refractivity contribution in [3.8, 4) is 11.5 Å². The van der Waals surface area contributed by atoms with E-state index >= 15 is 0 Å². The van der Waals surface area contributed by atoms with Gasteiger partial charge in [-0.2, -0.15) is 0 Å². The van der Waals surface area contributed by atoms with Crippen LogP contribution in [0, 0.1) is 0 Å². The molecule has 7 heteroatoms. The Balaban J connectivity index is 2.21. The highest BCUT2D eigenvalue weighted by Gasteiger charge is 2.46. The maximum Gasteiger partial charge on any atom is 0.308 e. The van der Waals surface area contributed by atoms with E-state index in [4.69, 9.17) is 9.47 Å². The van der Waals surface area contributed by atoms with Gasteiger partial charge < -0.3 is 19.5 Å². The van der Waals surface area contributed by atoms with E-state index in [1.807, 2.05) is 33.8 Å². The third-order valence-corrected chi connectivity index (χ3v) is 6.07. The zero-order valence-electron chi connectivity index (χ0n) is 21.2. The molecule has 1 aliphatic rings. The van der Waals surface area contributed by atoms with Gasteiger partial charge in [0.15, 0.2) is 0 Å². The third-order valence-electron chi connectivity index (χ3n) is 6.07. The van der Waals surface area contributed by atoms with Crippen LogP contribution in [0.25, 0.3) is 5.76 Å². The predicted octanol–water partition coefficient (Wildman–Crippen LogP) is 5.14. The number of carbonyl (C=O) groups excluding carboxylic acids is 3. The summed E-state index contributed by atoms with van der Waals surface area (Å²) in [5.74, 6) is -1.36. The molecule has 1 saturated heterocycles. The zero-order valence-corrected chi connectivity index (χ0v) is 21.2. The lowest BCUT2D eigenvalue weighted by Crippen LogP contribution is -2.30. The molecule has 3 rings (SSSR count). The standard InChI is InChI=1S/C28H33NO6/c1-7-8-15-29-24(18-9-12-20(13-10-18)35-17(2)30)23(26(32)27(29)33)25(31)21-16-19(28(3,4)5)11-14-22(21)34-6/h9-14,16,24,31H,7-8,15H2,1-6H3/b25-23+. The number of nitrogens with zero attached hydrogens (tertiary/aromatic N) is 1. The smallest absolute Gasteiger partial charge is 0.308 e. The van der Waals surface area contributed by atoms with E-state index in [9.17, 15) is 19.5 Å². The van der Waals surface area contributed by atoms with Crippen LogP contribution in [-0.2, 0) is 19.8 Å². The molecule has 186 valence electrons. The highest BCUT2D eigenvalue weighted by Crippen LogP contribution is 2.42. The van der Waals surface area contributed by atoms with Gasteiger partial charge in [-0.25, -0.2) is 0 Å². The number of amides is 1. The molecule has 0 spiro atoms. The summed E-state index contributed by atoms with van der Waals surface area (Å²) in [5.41, 5.74) is 1.73. The second-order valence-electron chi connectivity index (χ2n) is 9.67. The quantitative estimate of drug-likeness (QED) is 0.194. The number of aliphatic hydroxyl groups is 1. The summed E-state index contributed by atoms with van der Waals surface area (Å²) in [6.45, 7) is 9.83. The Morgan fingerprint density at radius 1 is 1.09 bits per heavy atom. The van der Waals surface area contributed by atoms with E-state index in [1.165, 1.54) is 18.9 Å². The Kier molecular flexibility index (Phi) is 7.68. The number of ether oxygens (including phenoxy) is 2. The number of hydrogen-bond donors (Lipinski definition) is 1. The summed E-state index contributed by atoms with van der Waals surface area (Å²) >= 11 is 0. The fourth-order valence-corrected chi connectivity index (χ4v) is 4.17. The molecule has 1 fully saturated rings. The van der Waals surface area contributed by atoms with E-state index in [0.29, 0.717) is 35.6 Å². The summed E-state index contributed by atoms with van der Waals surface area (Å²) < 4.78 is 10.6. The molecule has 1 N–H and O–H groups in total. The molecule has 0 radical (unpaired) electrons. The van der Waals surface area contributed by atoms with Crippen molar-refractivity contribution < 1.29 is 29.0 Å². The molecule has 0 bridgehead atoms. The highest BCUT2D eigenvalue weighted by atomic mass is 16.5. The minimum Gasteiger partial charge on any atom is -0.507 e. The SMILES string of the molecule is CCCCN1C(=O)C(=O)/C(=C(/O)c2cc(C(C)(C)C)ccc2OC)C1c1ccc(OC(C)=O)cc1. The van der Waals surface area contributed by atoms with Gasteiger partial charge in [0.05, 0.1) is 24.3 Å². The number of Topliss-reactive ketones (excluding diaryl/α,β-unsaturated/α-hetero) is 1. The van der Waals surface area contributed by atoms with Crippen LogP contribution >= 0.6 is 0 Å². The molecule has 1 atom stereocenters. The maximum atomic E-state index is 13.3. The van der Waals surface area contributed by atoms with Crippen molar-refractivity contribution in [3.05, 3.63) is 64.7 Å². The first-order valence-electron chi connectivity index (χ1n) is 11.7. The van der Waals surface area contributed by atoms with E-state index in [0.717, 1.165) is 12.0 Å². The van der Waals surface area contributed by atoms with E-state index in [1.54, 1.807) is 36.4 Å². The van der Waals surface area contributed by atoms with Gasteiger partial charge in [-0.15, -0.1) is 0 Å². The van der Waals surface area contributed by atoms with Crippen LogP contribution in [0.1, 0.15) is 70.2 Å². The zero-order chi connectivity index (χ0) is 25.9. The van der Waals surface area contributed by atoms with Crippen molar-refractivity contribution >= 4 is 23.4 Å². The maximum absolute atomic E-state index is 13.3. The van der Waals surface area contributed by atoms with Gasteiger partial charge in [-0.05, 0) is 47.2 Å². The molecule has 0 saturated carbocycles. The van der Waals surface area contributed by atoms with Gasteiger partial charge in [-0.3, -0.25) is 14.4 Å². The molecule has 0 aliphatic carbocycles. The van der Waals surface area contributed by atoms with Crippen LogP contribution < -0.4 is 9.47 Å². The molecule has 1 amide bonds. The molecule has 2 aromatic carbocycles. The molecule has 1 heterocycles. The first kappa shape index (κ1) is 26.0. The molecular formula is C28H33NO6. The van der Waals surface area contributed by atoms with E-state index in [-0.39, 0.29) is 16.7 Å². The lowest BCUT2D eigenvalue weighted by molar-refractivity contribution is -0.139. The number of likely N-dealkylation sites (tertiary alicyclic amines) is 1.